The molecule has 5 heteroatoms. The van der Waals surface area contributed by atoms with Crippen molar-refractivity contribution >= 4 is 7.60 Å². The van der Waals surface area contributed by atoms with Crippen molar-refractivity contribution in [2.75, 3.05) is 6.61 Å². The van der Waals surface area contributed by atoms with Gasteiger partial charge in [-0.2, -0.15) is 0 Å². The summed E-state index contributed by atoms with van der Waals surface area (Å²) in [4.78, 5) is 8.69. The lowest BCUT2D eigenvalue weighted by molar-refractivity contribution is 0.137. The van der Waals surface area contributed by atoms with Crippen LogP contribution in [0, 0.1) is 6.66 Å². The van der Waals surface area contributed by atoms with Gasteiger partial charge in [-0.3, -0.25) is 4.57 Å². The lowest BCUT2D eigenvalue weighted by Gasteiger charge is -2.15. The van der Waals surface area contributed by atoms with Gasteiger partial charge in [0.2, 0.25) is 0 Å². The molecule has 0 saturated carbocycles. The molecule has 0 spiro atoms. The van der Waals surface area contributed by atoms with Crippen LogP contribution in [0.15, 0.2) is 0 Å². The van der Waals surface area contributed by atoms with E-state index in [1.54, 1.807) is 0 Å². The Balaban J connectivity index is 3.78. The summed E-state index contributed by atoms with van der Waals surface area (Å²) < 4.78 is 15.3. The van der Waals surface area contributed by atoms with Gasteiger partial charge in [-0.1, -0.05) is 6.92 Å². The molecule has 2 atom stereocenters. The van der Waals surface area contributed by atoms with Crippen LogP contribution in [0.5, 0.6) is 0 Å². The van der Waals surface area contributed by atoms with Crippen molar-refractivity contribution in [3.63, 3.8) is 0 Å². The van der Waals surface area contributed by atoms with Gasteiger partial charge in [0, 0.05) is 6.61 Å². The third-order valence-corrected chi connectivity index (χ3v) is 1.85. The maximum absolute atomic E-state index is 10.6. The first kappa shape index (κ1) is 11.1. The van der Waals surface area contributed by atoms with Crippen LogP contribution < -0.4 is 0 Å². The summed E-state index contributed by atoms with van der Waals surface area (Å²) in [5.41, 5.74) is 0. The molecule has 0 aromatic carbocycles. The number of hydrogen-bond donors (Lipinski definition) is 2. The average molecular weight is 181 g/mol. The number of aliphatic hydroxyl groups is 1. The van der Waals surface area contributed by atoms with Gasteiger partial charge in [0.15, 0.2) is 0 Å². The van der Waals surface area contributed by atoms with E-state index in [1.165, 1.54) is 0 Å². The second-order valence-corrected chi connectivity index (χ2v) is 3.77. The number of rotatable bonds is 5. The van der Waals surface area contributed by atoms with E-state index in [2.05, 4.69) is 11.2 Å². The predicted octanol–water partition coefficient (Wildman–Crippen LogP) is 1.14. The van der Waals surface area contributed by atoms with Gasteiger partial charge in [-0.25, -0.2) is 0 Å². The van der Waals surface area contributed by atoms with Gasteiger partial charge in [0.05, 0.1) is 12.8 Å². The van der Waals surface area contributed by atoms with Gasteiger partial charge in [-0.05, 0) is 12.8 Å². The fourth-order valence-electron chi connectivity index (χ4n) is 0.708. The van der Waals surface area contributed by atoms with Crippen LogP contribution in [0.1, 0.15) is 19.8 Å². The van der Waals surface area contributed by atoms with Crippen LogP contribution in [-0.2, 0) is 9.09 Å². The first-order chi connectivity index (χ1) is 4.99. The van der Waals surface area contributed by atoms with Gasteiger partial charge in [-0.15, -0.1) is 0 Å². The van der Waals surface area contributed by atoms with E-state index in [1.807, 2.05) is 6.92 Å². The Hall–Kier alpha value is 0.110. The topological polar surface area (TPSA) is 66.8 Å². The molecule has 1 radical (unpaired) electrons. The summed E-state index contributed by atoms with van der Waals surface area (Å²) in [7, 11) is -3.63. The molecule has 4 nitrogen and oxygen atoms in total. The molecule has 0 aromatic rings. The summed E-state index contributed by atoms with van der Waals surface area (Å²) in [5.74, 6) is 0. The van der Waals surface area contributed by atoms with Crippen molar-refractivity contribution in [2.45, 2.75) is 25.9 Å². The summed E-state index contributed by atoms with van der Waals surface area (Å²) >= 11 is 0. The molecule has 0 bridgehead atoms. The fraction of sp³-hybridized carbons (Fsp3) is 0.833. The Morgan fingerprint density at radius 3 is 2.55 bits per heavy atom. The van der Waals surface area contributed by atoms with Gasteiger partial charge >= 0.3 is 7.60 Å². The van der Waals surface area contributed by atoms with Gasteiger partial charge in [0.1, 0.15) is 0 Å². The quantitative estimate of drug-likeness (QED) is 0.624. The van der Waals surface area contributed by atoms with Crippen LogP contribution in [0.25, 0.3) is 0 Å². The zero-order chi connectivity index (χ0) is 8.91. The van der Waals surface area contributed by atoms with Crippen molar-refractivity contribution in [3.05, 3.63) is 6.66 Å². The van der Waals surface area contributed by atoms with Crippen molar-refractivity contribution in [3.8, 4) is 0 Å². The summed E-state index contributed by atoms with van der Waals surface area (Å²) in [5, 5.41) is 8.49. The molecule has 11 heavy (non-hydrogen) atoms. The van der Waals surface area contributed by atoms with Crippen molar-refractivity contribution in [1.29, 1.82) is 0 Å². The first-order valence-electron chi connectivity index (χ1n) is 3.46. The highest BCUT2D eigenvalue weighted by molar-refractivity contribution is 7.54. The number of hydrogen-bond acceptors (Lipinski definition) is 3. The Kier molecular flexibility index (Phi) is 4.93. The van der Waals surface area contributed by atoms with E-state index < -0.39 is 7.60 Å². The summed E-state index contributed by atoms with van der Waals surface area (Å²) in [6, 6.07) is 0. The van der Waals surface area contributed by atoms with Crippen molar-refractivity contribution in [1.82, 2.24) is 0 Å². The lowest BCUT2D eigenvalue weighted by atomic mass is 10.2. The zero-order valence-electron chi connectivity index (χ0n) is 6.56. The molecule has 0 rings (SSSR count). The highest BCUT2D eigenvalue weighted by Gasteiger charge is 2.17. The molecule has 0 aliphatic heterocycles. The molecule has 0 amide bonds. The maximum atomic E-state index is 10.6. The van der Waals surface area contributed by atoms with E-state index in [0.717, 1.165) is 0 Å². The third-order valence-electron chi connectivity index (χ3n) is 1.22. The predicted molar refractivity (Wildman–Crippen MR) is 42.0 cm³/mol. The molecule has 0 aromatic heterocycles. The van der Waals surface area contributed by atoms with Crippen LogP contribution in [0.3, 0.4) is 0 Å². The fourth-order valence-corrected chi connectivity index (χ4v) is 1.43. The minimum Gasteiger partial charge on any atom is -0.396 e. The monoisotopic (exact) mass is 181 g/mol. The minimum absolute atomic E-state index is 0.0431. The lowest BCUT2D eigenvalue weighted by Crippen LogP contribution is -2.11. The van der Waals surface area contributed by atoms with E-state index in [-0.39, 0.29) is 12.7 Å². The Morgan fingerprint density at radius 2 is 2.27 bits per heavy atom. The Bertz CT molecular complexity index is 142. The smallest absolute Gasteiger partial charge is 0.329 e. The average Bonchev–Trinajstić information content (AvgIpc) is 1.84. The van der Waals surface area contributed by atoms with Crippen LogP contribution in [0.2, 0.25) is 0 Å². The Labute approximate surface area is 66.7 Å². The van der Waals surface area contributed by atoms with Crippen LogP contribution in [0.4, 0.5) is 0 Å². The van der Waals surface area contributed by atoms with Gasteiger partial charge < -0.3 is 14.5 Å². The molecule has 67 valence electrons. The normalized spacial score (nSPS) is 19.3. The van der Waals surface area contributed by atoms with E-state index in [4.69, 9.17) is 10.00 Å². The Morgan fingerprint density at radius 1 is 1.73 bits per heavy atom. The molecule has 0 aliphatic rings. The highest BCUT2D eigenvalue weighted by atomic mass is 31.2. The number of aliphatic hydroxyl groups excluding tert-OH is 1. The second-order valence-electron chi connectivity index (χ2n) is 2.29. The van der Waals surface area contributed by atoms with E-state index in [9.17, 15) is 4.57 Å². The molecular weight excluding hydrogens is 167 g/mol. The third kappa shape index (κ3) is 6.51. The SMILES string of the molecule is [CH2]P(=O)(O)OC(CC)CCO. The minimum atomic E-state index is -3.63. The molecule has 0 fully saturated rings. The molecule has 0 heterocycles. The van der Waals surface area contributed by atoms with E-state index in [0.29, 0.717) is 12.8 Å². The zero-order valence-corrected chi connectivity index (χ0v) is 7.46. The molecule has 2 unspecified atom stereocenters. The largest absolute Gasteiger partial charge is 0.396 e. The van der Waals surface area contributed by atoms with Gasteiger partial charge in [0.25, 0.3) is 0 Å². The summed E-state index contributed by atoms with van der Waals surface area (Å²) in [6.45, 7) is 4.72. The highest BCUT2D eigenvalue weighted by Crippen LogP contribution is 2.41. The standard InChI is InChI=1S/C6H14O4P/c1-3-6(4-5-7)10-11(2,8)9/h6-7H,2-5H2,1H3,(H,8,9). The summed E-state index contributed by atoms with van der Waals surface area (Å²) in [6.07, 6.45) is 0.602. The molecular formula is C6H14O4P. The van der Waals surface area contributed by atoms with Crippen molar-refractivity contribution in [2.24, 2.45) is 0 Å². The molecule has 0 saturated heterocycles. The second kappa shape index (κ2) is 4.88. The molecule has 2 N–H and O–H groups in total. The van der Waals surface area contributed by atoms with Crippen LogP contribution in [-0.4, -0.2) is 22.7 Å². The van der Waals surface area contributed by atoms with Crippen molar-refractivity contribution < 1.29 is 19.1 Å². The van der Waals surface area contributed by atoms with E-state index >= 15 is 0 Å². The molecule has 0 aliphatic carbocycles. The van der Waals surface area contributed by atoms with Crippen LogP contribution >= 0.6 is 7.60 Å². The maximum Gasteiger partial charge on any atom is 0.329 e. The first-order valence-corrected chi connectivity index (χ1v) is 5.22.